The molecule has 154 valence electrons. The molecule has 3 amide bonds. The number of aliphatic carboxylic acids is 1. The molecule has 0 bridgehead atoms. The molecular formula is C18H26N4O6. The molecule has 0 saturated carbocycles. The Bertz CT molecular complexity index is 695. The van der Waals surface area contributed by atoms with Crippen LogP contribution in [0.15, 0.2) is 30.3 Å². The fraction of sp³-hybridized carbons (Fsp3) is 0.444. The number of hydrogen-bond donors (Lipinski definition) is 6. The lowest BCUT2D eigenvalue weighted by Crippen LogP contribution is -2.56. The van der Waals surface area contributed by atoms with Crippen LogP contribution in [0.4, 0.5) is 0 Å². The van der Waals surface area contributed by atoms with E-state index in [4.69, 9.17) is 10.8 Å². The number of aliphatic hydroxyl groups excluding tert-OH is 1. The lowest BCUT2D eigenvalue weighted by Gasteiger charge is -2.22. The van der Waals surface area contributed by atoms with Crippen molar-refractivity contribution in [2.75, 3.05) is 6.54 Å². The Kier molecular flexibility index (Phi) is 9.06. The highest BCUT2D eigenvalue weighted by molar-refractivity contribution is 5.93. The fourth-order valence-corrected chi connectivity index (χ4v) is 2.24. The van der Waals surface area contributed by atoms with Crippen molar-refractivity contribution in [3.63, 3.8) is 0 Å². The summed E-state index contributed by atoms with van der Waals surface area (Å²) in [6.07, 6.45) is -0.964. The summed E-state index contributed by atoms with van der Waals surface area (Å²) in [6, 6.07) is 5.58. The van der Waals surface area contributed by atoms with Gasteiger partial charge in [-0.1, -0.05) is 30.3 Å². The van der Waals surface area contributed by atoms with Crippen molar-refractivity contribution in [3.8, 4) is 0 Å². The molecule has 0 saturated heterocycles. The van der Waals surface area contributed by atoms with Gasteiger partial charge in [-0.2, -0.15) is 0 Å². The zero-order chi connectivity index (χ0) is 21.3. The lowest BCUT2D eigenvalue weighted by atomic mass is 10.0. The van der Waals surface area contributed by atoms with Crippen LogP contribution in [0, 0.1) is 0 Å². The maximum atomic E-state index is 12.4. The summed E-state index contributed by atoms with van der Waals surface area (Å²) in [5.41, 5.74) is 6.27. The standard InChI is InChI=1S/C18H26N4O6/c1-10(21-18(28)15(19)11(2)23)16(26)22-13(17(27)20-9-14(24)25)8-12-6-4-3-5-7-12/h3-7,10-11,13,15,23H,8-9,19H2,1-2H3,(H,20,27)(H,21,28)(H,22,26)(H,24,25). The Morgan fingerprint density at radius 1 is 1.00 bits per heavy atom. The van der Waals surface area contributed by atoms with E-state index in [9.17, 15) is 24.3 Å². The summed E-state index contributed by atoms with van der Waals surface area (Å²) in [5, 5.41) is 25.1. The molecule has 10 heteroatoms. The van der Waals surface area contributed by atoms with Gasteiger partial charge in [0.1, 0.15) is 24.7 Å². The van der Waals surface area contributed by atoms with E-state index >= 15 is 0 Å². The van der Waals surface area contributed by atoms with Crippen LogP contribution in [0.2, 0.25) is 0 Å². The third-order valence-corrected chi connectivity index (χ3v) is 3.90. The van der Waals surface area contributed by atoms with Crippen LogP contribution in [0.25, 0.3) is 0 Å². The lowest BCUT2D eigenvalue weighted by molar-refractivity contribution is -0.138. The van der Waals surface area contributed by atoms with E-state index in [2.05, 4.69) is 16.0 Å². The number of hydrogen-bond acceptors (Lipinski definition) is 6. The summed E-state index contributed by atoms with van der Waals surface area (Å²) in [4.78, 5) is 47.2. The molecule has 0 aromatic heterocycles. The van der Waals surface area contributed by atoms with Crippen molar-refractivity contribution >= 4 is 23.7 Å². The summed E-state index contributed by atoms with van der Waals surface area (Å²) in [7, 11) is 0. The minimum Gasteiger partial charge on any atom is -0.480 e. The highest BCUT2D eigenvalue weighted by Gasteiger charge is 2.27. The van der Waals surface area contributed by atoms with Crippen LogP contribution in [-0.2, 0) is 25.6 Å². The third kappa shape index (κ3) is 7.72. The Hall–Kier alpha value is -2.98. The van der Waals surface area contributed by atoms with Crippen LogP contribution in [-0.4, -0.2) is 64.7 Å². The first-order valence-electron chi connectivity index (χ1n) is 8.69. The molecule has 0 spiro atoms. The van der Waals surface area contributed by atoms with Gasteiger partial charge in [0.05, 0.1) is 6.10 Å². The monoisotopic (exact) mass is 394 g/mol. The maximum Gasteiger partial charge on any atom is 0.322 e. The molecule has 0 fully saturated rings. The molecular weight excluding hydrogens is 368 g/mol. The quantitative estimate of drug-likeness (QED) is 0.270. The molecule has 1 aromatic rings. The smallest absolute Gasteiger partial charge is 0.322 e. The first-order valence-corrected chi connectivity index (χ1v) is 8.69. The van der Waals surface area contributed by atoms with Crippen LogP contribution >= 0.6 is 0 Å². The van der Waals surface area contributed by atoms with Crippen molar-refractivity contribution in [1.82, 2.24) is 16.0 Å². The summed E-state index contributed by atoms with van der Waals surface area (Å²) >= 11 is 0. The zero-order valence-electron chi connectivity index (χ0n) is 15.7. The fourth-order valence-electron chi connectivity index (χ4n) is 2.24. The molecule has 4 atom stereocenters. The summed E-state index contributed by atoms with van der Waals surface area (Å²) < 4.78 is 0. The molecule has 28 heavy (non-hydrogen) atoms. The van der Waals surface area contributed by atoms with Crippen LogP contribution in [0.5, 0.6) is 0 Å². The van der Waals surface area contributed by atoms with Crippen molar-refractivity contribution in [2.24, 2.45) is 5.73 Å². The zero-order valence-corrected chi connectivity index (χ0v) is 15.7. The summed E-state index contributed by atoms with van der Waals surface area (Å²) in [5.74, 6) is -3.25. The van der Waals surface area contributed by atoms with E-state index in [1.807, 2.05) is 0 Å². The number of carboxylic acid groups (broad SMARTS) is 1. The number of carboxylic acids is 1. The minimum absolute atomic E-state index is 0.131. The van der Waals surface area contributed by atoms with Gasteiger partial charge in [0.25, 0.3) is 0 Å². The predicted octanol–water partition coefficient (Wildman–Crippen LogP) is -1.87. The Balaban J connectivity index is 2.80. The van der Waals surface area contributed by atoms with E-state index in [1.54, 1.807) is 30.3 Å². The molecule has 7 N–H and O–H groups in total. The molecule has 0 radical (unpaired) electrons. The van der Waals surface area contributed by atoms with E-state index < -0.39 is 54.5 Å². The number of rotatable bonds is 10. The van der Waals surface area contributed by atoms with Gasteiger partial charge in [-0.25, -0.2) is 0 Å². The van der Waals surface area contributed by atoms with Gasteiger partial charge in [-0.3, -0.25) is 19.2 Å². The van der Waals surface area contributed by atoms with Gasteiger partial charge in [0.2, 0.25) is 17.7 Å². The minimum atomic E-state index is -1.22. The highest BCUT2D eigenvalue weighted by atomic mass is 16.4. The van der Waals surface area contributed by atoms with Gasteiger partial charge in [0, 0.05) is 6.42 Å². The maximum absolute atomic E-state index is 12.4. The van der Waals surface area contributed by atoms with Gasteiger partial charge >= 0.3 is 5.97 Å². The summed E-state index contributed by atoms with van der Waals surface area (Å²) in [6.45, 7) is 2.16. The highest BCUT2D eigenvalue weighted by Crippen LogP contribution is 2.04. The molecule has 0 aliphatic rings. The Labute approximate surface area is 162 Å². The van der Waals surface area contributed by atoms with Crippen LogP contribution in [0.1, 0.15) is 19.4 Å². The van der Waals surface area contributed by atoms with Crippen LogP contribution in [0.3, 0.4) is 0 Å². The SMILES string of the molecule is CC(NC(=O)C(N)C(C)O)C(=O)NC(Cc1ccccc1)C(=O)NCC(=O)O. The van der Waals surface area contributed by atoms with Crippen molar-refractivity contribution in [2.45, 2.75) is 44.5 Å². The van der Waals surface area contributed by atoms with Gasteiger partial charge in [-0.05, 0) is 19.4 Å². The Morgan fingerprint density at radius 3 is 2.14 bits per heavy atom. The molecule has 10 nitrogen and oxygen atoms in total. The number of amides is 3. The van der Waals surface area contributed by atoms with E-state index in [0.29, 0.717) is 0 Å². The molecule has 0 aliphatic heterocycles. The molecule has 1 rings (SSSR count). The normalized spacial score (nSPS) is 14.9. The second-order valence-corrected chi connectivity index (χ2v) is 6.36. The number of benzene rings is 1. The number of nitrogens with one attached hydrogen (secondary N) is 3. The van der Waals surface area contributed by atoms with E-state index in [0.717, 1.165) is 5.56 Å². The topological polar surface area (TPSA) is 171 Å². The van der Waals surface area contributed by atoms with Crippen molar-refractivity contribution < 1.29 is 29.4 Å². The molecule has 1 aromatic carbocycles. The van der Waals surface area contributed by atoms with Gasteiger partial charge in [0.15, 0.2) is 0 Å². The molecule has 0 aliphatic carbocycles. The molecule has 0 heterocycles. The molecule has 4 unspecified atom stereocenters. The second kappa shape index (κ2) is 11.0. The number of carbonyl (C=O) groups is 4. The van der Waals surface area contributed by atoms with Gasteiger partial charge < -0.3 is 31.9 Å². The first kappa shape index (κ1) is 23.1. The van der Waals surface area contributed by atoms with E-state index in [1.165, 1.54) is 13.8 Å². The first-order chi connectivity index (χ1) is 13.1. The predicted molar refractivity (Wildman–Crippen MR) is 100.0 cm³/mol. The number of nitrogens with two attached hydrogens (primary N) is 1. The average Bonchev–Trinajstić information content (AvgIpc) is 2.65. The Morgan fingerprint density at radius 2 is 1.61 bits per heavy atom. The van der Waals surface area contributed by atoms with E-state index in [-0.39, 0.29) is 6.42 Å². The number of aliphatic hydroxyl groups is 1. The second-order valence-electron chi connectivity index (χ2n) is 6.36. The largest absolute Gasteiger partial charge is 0.480 e. The third-order valence-electron chi connectivity index (χ3n) is 3.90. The van der Waals surface area contributed by atoms with Gasteiger partial charge in [-0.15, -0.1) is 0 Å². The average molecular weight is 394 g/mol. The van der Waals surface area contributed by atoms with Crippen LogP contribution < -0.4 is 21.7 Å². The number of carbonyl (C=O) groups excluding carboxylic acids is 3. The van der Waals surface area contributed by atoms with Crippen molar-refractivity contribution in [3.05, 3.63) is 35.9 Å². The van der Waals surface area contributed by atoms with Crippen molar-refractivity contribution in [1.29, 1.82) is 0 Å².